The van der Waals surface area contributed by atoms with Crippen LogP contribution >= 0.6 is 15.9 Å². The minimum Gasteiger partial charge on any atom is -0.368 e. The summed E-state index contributed by atoms with van der Waals surface area (Å²) in [5, 5.41) is 8.89. The van der Waals surface area contributed by atoms with Crippen LogP contribution in [-0.4, -0.2) is 15.0 Å². The van der Waals surface area contributed by atoms with Crippen molar-refractivity contribution in [2.24, 2.45) is 0 Å². The molecular formula is C9H7BrN7+. The van der Waals surface area contributed by atoms with Crippen molar-refractivity contribution in [2.75, 3.05) is 11.5 Å². The Labute approximate surface area is 105 Å². The zero-order valence-electron chi connectivity index (χ0n) is 8.50. The number of halogens is 1. The number of nitrogen functional groups attached to an aromatic ring is 2. The first-order valence-corrected chi connectivity index (χ1v) is 5.31. The summed E-state index contributed by atoms with van der Waals surface area (Å²) in [4.78, 5) is 14.7. The molecular weight excluding hydrogens is 286 g/mol. The Morgan fingerprint density at radius 3 is 2.35 bits per heavy atom. The van der Waals surface area contributed by atoms with Crippen LogP contribution in [0.5, 0.6) is 0 Å². The highest BCUT2D eigenvalue weighted by Crippen LogP contribution is 2.31. The van der Waals surface area contributed by atoms with Gasteiger partial charge >= 0.3 is 5.69 Å². The number of hydrogen-bond acceptors (Lipinski definition) is 6. The molecule has 0 aliphatic rings. The van der Waals surface area contributed by atoms with Crippen LogP contribution in [0.4, 0.5) is 17.6 Å². The number of benzene rings is 1. The molecule has 1 heterocycles. The van der Waals surface area contributed by atoms with E-state index in [0.29, 0.717) is 11.3 Å². The Balaban J connectivity index is 2.67. The maximum atomic E-state index is 8.89. The van der Waals surface area contributed by atoms with Gasteiger partial charge in [-0.05, 0) is 12.1 Å². The van der Waals surface area contributed by atoms with Gasteiger partial charge in [-0.1, -0.05) is 15.9 Å². The van der Waals surface area contributed by atoms with Crippen molar-refractivity contribution < 1.29 is 0 Å². The number of diazo groups is 1. The minimum atomic E-state index is 0.0105. The van der Waals surface area contributed by atoms with Gasteiger partial charge in [0.1, 0.15) is 5.56 Å². The fraction of sp³-hybridized carbons (Fsp3) is 0. The zero-order chi connectivity index (χ0) is 12.4. The molecule has 0 fully saturated rings. The summed E-state index contributed by atoms with van der Waals surface area (Å²) in [6.07, 6.45) is 0. The second-order valence-electron chi connectivity index (χ2n) is 3.14. The quantitative estimate of drug-likeness (QED) is 0.775. The van der Waals surface area contributed by atoms with Gasteiger partial charge in [-0.25, -0.2) is 0 Å². The van der Waals surface area contributed by atoms with E-state index in [1.54, 1.807) is 18.2 Å². The fourth-order valence-corrected chi connectivity index (χ4v) is 1.67. The number of nitrogens with two attached hydrogens (primary N) is 2. The smallest absolute Gasteiger partial charge is 0.368 e. The normalized spacial score (nSPS) is 9.88. The van der Waals surface area contributed by atoms with Crippen LogP contribution in [0, 0.1) is 5.39 Å². The maximum absolute atomic E-state index is 8.89. The lowest BCUT2D eigenvalue weighted by atomic mass is 10.2. The molecule has 0 saturated carbocycles. The third kappa shape index (κ3) is 2.29. The second kappa shape index (κ2) is 4.31. The molecule has 0 spiro atoms. The molecule has 0 radical (unpaired) electrons. The fourth-order valence-electron chi connectivity index (χ4n) is 1.30. The van der Waals surface area contributed by atoms with Crippen LogP contribution in [0.2, 0.25) is 0 Å². The molecule has 0 aliphatic heterocycles. The summed E-state index contributed by atoms with van der Waals surface area (Å²) in [6.45, 7) is 0. The van der Waals surface area contributed by atoms with Crippen molar-refractivity contribution in [3.8, 4) is 11.4 Å². The van der Waals surface area contributed by atoms with Gasteiger partial charge in [0.05, 0.1) is 0 Å². The molecule has 2 aromatic rings. The third-order valence-corrected chi connectivity index (χ3v) is 2.47. The SMILES string of the molecule is N#[N+]c1ccc(Br)cc1-c1nc(N)nc(N)n1. The van der Waals surface area contributed by atoms with Crippen LogP contribution in [0.15, 0.2) is 22.7 Å². The van der Waals surface area contributed by atoms with E-state index in [4.69, 9.17) is 16.9 Å². The van der Waals surface area contributed by atoms with E-state index in [-0.39, 0.29) is 17.7 Å². The van der Waals surface area contributed by atoms with Crippen molar-refractivity contribution in [1.82, 2.24) is 15.0 Å². The van der Waals surface area contributed by atoms with Crippen LogP contribution < -0.4 is 11.5 Å². The summed E-state index contributed by atoms with van der Waals surface area (Å²) in [7, 11) is 0. The van der Waals surface area contributed by atoms with E-state index in [2.05, 4.69) is 35.9 Å². The van der Waals surface area contributed by atoms with Gasteiger partial charge in [0, 0.05) is 10.5 Å². The van der Waals surface area contributed by atoms with Gasteiger partial charge in [-0.3, -0.25) is 0 Å². The molecule has 0 atom stereocenters. The number of rotatable bonds is 1. The van der Waals surface area contributed by atoms with Crippen LogP contribution in [-0.2, 0) is 0 Å². The van der Waals surface area contributed by atoms with Crippen molar-refractivity contribution >= 4 is 33.5 Å². The van der Waals surface area contributed by atoms with Gasteiger partial charge < -0.3 is 11.5 Å². The molecule has 2 rings (SSSR count). The topological polar surface area (TPSA) is 119 Å². The third-order valence-electron chi connectivity index (χ3n) is 1.98. The summed E-state index contributed by atoms with van der Waals surface area (Å²) < 4.78 is 0.789. The average molecular weight is 293 g/mol. The molecule has 84 valence electrons. The highest BCUT2D eigenvalue weighted by molar-refractivity contribution is 9.10. The van der Waals surface area contributed by atoms with Crippen molar-refractivity contribution in [1.29, 1.82) is 5.39 Å². The predicted octanol–water partition coefficient (Wildman–Crippen LogP) is 1.95. The zero-order valence-corrected chi connectivity index (χ0v) is 10.1. The second-order valence-corrected chi connectivity index (χ2v) is 4.05. The molecule has 1 aromatic heterocycles. The van der Waals surface area contributed by atoms with E-state index in [9.17, 15) is 0 Å². The summed E-state index contributed by atoms with van der Waals surface area (Å²) >= 11 is 3.30. The molecule has 0 aliphatic carbocycles. The first-order valence-electron chi connectivity index (χ1n) is 4.52. The lowest BCUT2D eigenvalue weighted by molar-refractivity contribution is 1.09. The van der Waals surface area contributed by atoms with Gasteiger partial charge in [-0.2, -0.15) is 15.0 Å². The number of aromatic nitrogens is 3. The largest absolute Gasteiger partial charge is 0.396 e. The number of hydrogen-bond donors (Lipinski definition) is 2. The first-order chi connectivity index (χ1) is 8.10. The van der Waals surface area contributed by atoms with Crippen molar-refractivity contribution in [3.63, 3.8) is 0 Å². The first kappa shape index (κ1) is 11.2. The Kier molecular flexibility index (Phi) is 2.84. The maximum Gasteiger partial charge on any atom is 0.396 e. The Hall–Kier alpha value is -2.27. The van der Waals surface area contributed by atoms with Crippen molar-refractivity contribution in [3.05, 3.63) is 27.6 Å². The molecule has 0 bridgehead atoms. The van der Waals surface area contributed by atoms with Crippen LogP contribution in [0.25, 0.3) is 16.4 Å². The average Bonchev–Trinajstić information content (AvgIpc) is 2.27. The Morgan fingerprint density at radius 2 is 1.76 bits per heavy atom. The van der Waals surface area contributed by atoms with Crippen molar-refractivity contribution in [2.45, 2.75) is 0 Å². The van der Waals surface area contributed by atoms with Gasteiger partial charge in [0.15, 0.2) is 10.8 Å². The van der Waals surface area contributed by atoms with E-state index in [1.165, 1.54) is 0 Å². The summed E-state index contributed by atoms with van der Waals surface area (Å²) in [5.74, 6) is 0.275. The highest BCUT2D eigenvalue weighted by Gasteiger charge is 2.19. The lowest BCUT2D eigenvalue weighted by Crippen LogP contribution is -2.04. The Bertz CT molecular complexity index is 599. The van der Waals surface area contributed by atoms with E-state index >= 15 is 0 Å². The van der Waals surface area contributed by atoms with Gasteiger partial charge in [0.2, 0.25) is 17.3 Å². The monoisotopic (exact) mass is 292 g/mol. The highest BCUT2D eigenvalue weighted by atomic mass is 79.9. The molecule has 7 nitrogen and oxygen atoms in total. The van der Waals surface area contributed by atoms with E-state index in [0.717, 1.165) is 4.47 Å². The minimum absolute atomic E-state index is 0.0105. The van der Waals surface area contributed by atoms with Gasteiger partial charge in [0.25, 0.3) is 0 Å². The number of anilines is 2. The van der Waals surface area contributed by atoms with E-state index < -0.39 is 0 Å². The molecule has 1 aromatic carbocycles. The van der Waals surface area contributed by atoms with E-state index in [1.807, 2.05) is 0 Å². The summed E-state index contributed by atoms with van der Waals surface area (Å²) in [5.41, 5.74) is 11.8. The van der Waals surface area contributed by atoms with Crippen LogP contribution in [0.1, 0.15) is 0 Å². The molecule has 4 N–H and O–H groups in total. The summed E-state index contributed by atoms with van der Waals surface area (Å²) in [6, 6.07) is 5.03. The molecule has 8 heteroatoms. The molecule has 0 amide bonds. The molecule has 17 heavy (non-hydrogen) atoms. The molecule has 0 unspecified atom stereocenters. The lowest BCUT2D eigenvalue weighted by Gasteiger charge is -2.00. The molecule has 0 saturated heterocycles. The standard InChI is InChI=1S/C9H7BrN7/c10-4-1-2-6(17-13)5(3-4)7-14-8(11)16-9(12)15-7/h1-3H,(H4,11,12,14,15,16)/q+1. The van der Waals surface area contributed by atoms with Gasteiger partial charge in [-0.15, -0.1) is 0 Å². The predicted molar refractivity (Wildman–Crippen MR) is 66.5 cm³/mol. The van der Waals surface area contributed by atoms with Crippen LogP contribution in [0.3, 0.4) is 0 Å². The Morgan fingerprint density at radius 1 is 1.12 bits per heavy atom. The number of nitrogens with zero attached hydrogens (tertiary/aromatic N) is 5.